The zero-order chi connectivity index (χ0) is 19.6. The monoisotopic (exact) mass is 379 g/mol. The highest BCUT2D eigenvalue weighted by atomic mass is 32.1. The molecule has 0 unspecified atom stereocenters. The molecule has 3 heterocycles. The number of nitrogens with two attached hydrogens (primary N) is 1. The minimum Gasteiger partial charge on any atom is -0.440 e. The zero-order valence-corrected chi connectivity index (χ0v) is 17.3. The van der Waals surface area contributed by atoms with Crippen molar-refractivity contribution in [3.63, 3.8) is 0 Å². The maximum Gasteiger partial charge on any atom is 0.238 e. The van der Waals surface area contributed by atoms with Crippen LogP contribution in [0, 0.1) is 20.8 Å². The SMILES string of the molecule is CC.Cc1nc2sc(-c3ncc(Cc4ccccc4)o3)c(N)c2c(C)c1C. The quantitative estimate of drug-likeness (QED) is 0.469. The first-order chi connectivity index (χ1) is 13.0. The van der Waals surface area contributed by atoms with Crippen molar-refractivity contribution in [3.05, 3.63) is 64.7 Å². The molecule has 5 heteroatoms. The molecular weight excluding hydrogens is 354 g/mol. The lowest BCUT2D eigenvalue weighted by atomic mass is 10.1. The Morgan fingerprint density at radius 1 is 1.04 bits per heavy atom. The number of aromatic nitrogens is 2. The predicted molar refractivity (Wildman–Crippen MR) is 114 cm³/mol. The van der Waals surface area contributed by atoms with Crippen LogP contribution in [0.3, 0.4) is 0 Å². The highest BCUT2D eigenvalue weighted by molar-refractivity contribution is 7.22. The number of anilines is 1. The molecule has 1 aromatic carbocycles. The fourth-order valence-corrected chi connectivity index (χ4v) is 4.15. The van der Waals surface area contributed by atoms with E-state index in [1.165, 1.54) is 16.7 Å². The molecule has 0 spiro atoms. The number of oxazole rings is 1. The molecule has 0 saturated heterocycles. The van der Waals surface area contributed by atoms with Crippen LogP contribution in [-0.2, 0) is 6.42 Å². The van der Waals surface area contributed by atoms with Gasteiger partial charge in [-0.05, 0) is 37.5 Å². The number of pyridine rings is 1. The number of fused-ring (bicyclic) bond motifs is 1. The molecule has 0 aliphatic heterocycles. The van der Waals surface area contributed by atoms with Gasteiger partial charge in [-0.15, -0.1) is 11.3 Å². The van der Waals surface area contributed by atoms with Crippen LogP contribution in [0.5, 0.6) is 0 Å². The van der Waals surface area contributed by atoms with Crippen molar-refractivity contribution in [1.29, 1.82) is 0 Å². The Labute approximate surface area is 164 Å². The zero-order valence-electron chi connectivity index (χ0n) is 16.5. The first-order valence-corrected chi connectivity index (χ1v) is 10.0. The summed E-state index contributed by atoms with van der Waals surface area (Å²) in [6.07, 6.45) is 2.50. The molecule has 4 rings (SSSR count). The summed E-state index contributed by atoms with van der Waals surface area (Å²) in [5.41, 5.74) is 11.7. The second-order valence-corrected chi connectivity index (χ2v) is 7.27. The third kappa shape index (κ3) is 3.60. The molecule has 140 valence electrons. The van der Waals surface area contributed by atoms with E-state index in [0.717, 1.165) is 26.5 Å². The van der Waals surface area contributed by atoms with Crippen LogP contribution in [0.4, 0.5) is 5.69 Å². The molecule has 0 radical (unpaired) electrons. The standard InChI is InChI=1S/C20H19N3OS.C2H6/c1-11-12(2)16-17(21)18(25-20(16)23-13(11)3)19-22-10-15(24-19)9-14-7-5-4-6-8-14;1-2/h4-8,10H,9,21H2,1-3H3;1-2H3. The number of thiophene rings is 1. The first kappa shape index (κ1) is 19.1. The van der Waals surface area contributed by atoms with Gasteiger partial charge < -0.3 is 10.2 Å². The van der Waals surface area contributed by atoms with Crippen molar-refractivity contribution in [2.24, 2.45) is 0 Å². The van der Waals surface area contributed by atoms with Crippen molar-refractivity contribution < 1.29 is 4.42 Å². The van der Waals surface area contributed by atoms with Crippen LogP contribution in [0.25, 0.3) is 21.0 Å². The molecule has 0 bridgehead atoms. The number of hydrogen-bond acceptors (Lipinski definition) is 5. The largest absolute Gasteiger partial charge is 0.440 e. The summed E-state index contributed by atoms with van der Waals surface area (Å²) in [4.78, 5) is 10.9. The van der Waals surface area contributed by atoms with E-state index in [1.807, 2.05) is 39.0 Å². The number of nitrogens with zero attached hydrogens (tertiary/aromatic N) is 2. The number of aryl methyl sites for hydroxylation is 2. The average Bonchev–Trinajstić information content (AvgIpc) is 3.27. The fourth-order valence-electron chi connectivity index (χ4n) is 3.02. The predicted octanol–water partition coefficient (Wildman–Crippen LogP) is 6.08. The lowest BCUT2D eigenvalue weighted by molar-refractivity contribution is 0.531. The Hall–Kier alpha value is -2.66. The van der Waals surface area contributed by atoms with Crippen LogP contribution in [0.1, 0.15) is 42.0 Å². The Balaban J connectivity index is 0.00000102. The molecule has 3 aromatic heterocycles. The smallest absolute Gasteiger partial charge is 0.238 e. The molecular formula is C22H25N3OS. The summed E-state index contributed by atoms with van der Waals surface area (Å²) in [7, 11) is 0. The summed E-state index contributed by atoms with van der Waals surface area (Å²) in [6.45, 7) is 10.2. The van der Waals surface area contributed by atoms with Gasteiger partial charge in [0.2, 0.25) is 5.89 Å². The Morgan fingerprint density at radius 2 is 1.74 bits per heavy atom. The lowest BCUT2D eigenvalue weighted by Crippen LogP contribution is -1.93. The molecule has 0 aliphatic rings. The van der Waals surface area contributed by atoms with E-state index < -0.39 is 0 Å². The minimum atomic E-state index is 0.570. The minimum absolute atomic E-state index is 0.570. The third-order valence-corrected chi connectivity index (χ3v) is 5.73. The van der Waals surface area contributed by atoms with Gasteiger partial charge in [0.05, 0.1) is 11.9 Å². The Bertz CT molecular complexity index is 1060. The normalized spacial score (nSPS) is 10.7. The van der Waals surface area contributed by atoms with Gasteiger partial charge in [-0.25, -0.2) is 9.97 Å². The number of nitrogen functional groups attached to an aromatic ring is 1. The molecule has 0 fully saturated rings. The van der Waals surface area contributed by atoms with Crippen molar-refractivity contribution in [2.75, 3.05) is 5.73 Å². The summed E-state index contributed by atoms with van der Waals surface area (Å²) in [6, 6.07) is 10.2. The van der Waals surface area contributed by atoms with E-state index in [-0.39, 0.29) is 0 Å². The molecule has 2 N–H and O–H groups in total. The van der Waals surface area contributed by atoms with Crippen molar-refractivity contribution in [3.8, 4) is 10.8 Å². The number of benzene rings is 1. The molecule has 4 aromatic rings. The molecule has 27 heavy (non-hydrogen) atoms. The number of hydrogen-bond donors (Lipinski definition) is 1. The number of rotatable bonds is 3. The summed E-state index contributed by atoms with van der Waals surface area (Å²) >= 11 is 1.54. The highest BCUT2D eigenvalue weighted by Gasteiger charge is 2.20. The second-order valence-electron chi connectivity index (χ2n) is 6.27. The van der Waals surface area contributed by atoms with E-state index >= 15 is 0 Å². The fraction of sp³-hybridized carbons (Fsp3) is 0.273. The third-order valence-electron chi connectivity index (χ3n) is 4.65. The maximum atomic E-state index is 6.42. The van der Waals surface area contributed by atoms with Gasteiger partial charge in [-0.1, -0.05) is 44.2 Å². The Kier molecular flexibility index (Phi) is 5.61. The molecule has 0 amide bonds. The van der Waals surface area contributed by atoms with Gasteiger partial charge in [0.1, 0.15) is 15.5 Å². The topological polar surface area (TPSA) is 64.9 Å². The van der Waals surface area contributed by atoms with E-state index in [4.69, 9.17) is 10.2 Å². The molecule has 0 aliphatic carbocycles. The van der Waals surface area contributed by atoms with Crippen LogP contribution < -0.4 is 5.73 Å². The van der Waals surface area contributed by atoms with Crippen LogP contribution >= 0.6 is 11.3 Å². The average molecular weight is 380 g/mol. The van der Waals surface area contributed by atoms with Crippen LogP contribution in [0.2, 0.25) is 0 Å². The lowest BCUT2D eigenvalue weighted by Gasteiger charge is -2.05. The van der Waals surface area contributed by atoms with E-state index in [0.29, 0.717) is 18.0 Å². The van der Waals surface area contributed by atoms with Gasteiger partial charge in [0.25, 0.3) is 0 Å². The van der Waals surface area contributed by atoms with E-state index in [1.54, 1.807) is 17.5 Å². The van der Waals surface area contributed by atoms with Gasteiger partial charge in [-0.2, -0.15) is 0 Å². The van der Waals surface area contributed by atoms with Crippen molar-refractivity contribution in [2.45, 2.75) is 41.0 Å². The van der Waals surface area contributed by atoms with Crippen molar-refractivity contribution in [1.82, 2.24) is 9.97 Å². The van der Waals surface area contributed by atoms with E-state index in [2.05, 4.69) is 35.9 Å². The molecule has 0 saturated carbocycles. The summed E-state index contributed by atoms with van der Waals surface area (Å²) < 4.78 is 5.98. The first-order valence-electron chi connectivity index (χ1n) is 9.19. The second kappa shape index (κ2) is 7.92. The van der Waals surface area contributed by atoms with Gasteiger partial charge in [0.15, 0.2) is 0 Å². The van der Waals surface area contributed by atoms with Crippen LogP contribution in [-0.4, -0.2) is 9.97 Å². The van der Waals surface area contributed by atoms with Crippen LogP contribution in [0.15, 0.2) is 40.9 Å². The van der Waals surface area contributed by atoms with Gasteiger partial charge in [-0.3, -0.25) is 0 Å². The van der Waals surface area contributed by atoms with Crippen molar-refractivity contribution >= 4 is 27.2 Å². The highest BCUT2D eigenvalue weighted by Crippen LogP contribution is 2.42. The molecule has 0 atom stereocenters. The molecule has 4 nitrogen and oxygen atoms in total. The Morgan fingerprint density at radius 3 is 2.44 bits per heavy atom. The maximum absolute atomic E-state index is 6.42. The summed E-state index contributed by atoms with van der Waals surface area (Å²) in [5.74, 6) is 1.40. The van der Waals surface area contributed by atoms with Gasteiger partial charge >= 0.3 is 0 Å². The summed E-state index contributed by atoms with van der Waals surface area (Å²) in [5, 5.41) is 1.02. The van der Waals surface area contributed by atoms with E-state index in [9.17, 15) is 0 Å². The van der Waals surface area contributed by atoms with Gasteiger partial charge in [0, 0.05) is 17.5 Å².